The molecule has 7 nitrogen and oxygen atoms in total. The lowest BCUT2D eigenvalue weighted by atomic mass is 9.95. The van der Waals surface area contributed by atoms with Gasteiger partial charge in [-0.15, -0.1) is 0 Å². The summed E-state index contributed by atoms with van der Waals surface area (Å²) in [4.78, 5) is 17.2. The predicted octanol–water partition coefficient (Wildman–Crippen LogP) is 2.83. The van der Waals surface area contributed by atoms with E-state index in [1.807, 2.05) is 66.2 Å². The molecule has 0 fully saturated rings. The van der Waals surface area contributed by atoms with Gasteiger partial charge in [0, 0.05) is 24.6 Å². The molecule has 2 atom stereocenters. The van der Waals surface area contributed by atoms with Crippen LogP contribution in [-0.4, -0.2) is 40.0 Å². The summed E-state index contributed by atoms with van der Waals surface area (Å²) < 4.78 is 28.7. The maximum absolute atomic E-state index is 13.2. The fraction of sp³-hybridized carbons (Fsp3) is 0.304. The fourth-order valence-corrected chi connectivity index (χ4v) is 5.15. The third kappa shape index (κ3) is 4.40. The first-order valence-electron chi connectivity index (χ1n) is 10.3. The second kappa shape index (κ2) is 8.64. The number of hydrogen-bond donors (Lipinski definition) is 1. The number of carbonyl (C=O) groups excluding carboxylic acids is 1. The van der Waals surface area contributed by atoms with Crippen LogP contribution in [0.15, 0.2) is 67.3 Å². The fourth-order valence-electron chi connectivity index (χ4n) is 3.92. The molecule has 0 aliphatic carbocycles. The van der Waals surface area contributed by atoms with Crippen molar-refractivity contribution in [3.05, 3.63) is 83.9 Å². The van der Waals surface area contributed by atoms with Crippen molar-refractivity contribution in [1.29, 1.82) is 0 Å². The molecule has 162 valence electrons. The Morgan fingerprint density at radius 3 is 2.52 bits per heavy atom. The standard InChI is InChI=1S/C23H26N4O3S/c1-3-31(29,30)27-15-20-7-5-4-6-19(20)14-22(27)23(28)25-17(2)18-8-10-21(11-9-18)26-13-12-24-16-26/h4-13,16-17,22H,3,14-15H2,1-2H3,(H,25,28)/t17-,22+/m1/s1. The molecule has 0 spiro atoms. The molecule has 1 aliphatic rings. The topological polar surface area (TPSA) is 84.3 Å². The maximum Gasteiger partial charge on any atom is 0.239 e. The van der Waals surface area contributed by atoms with Crippen LogP contribution in [0.5, 0.6) is 0 Å². The Hall–Kier alpha value is -2.97. The normalized spacial score (nSPS) is 17.7. The summed E-state index contributed by atoms with van der Waals surface area (Å²) in [5, 5.41) is 3.01. The van der Waals surface area contributed by atoms with Crippen molar-refractivity contribution in [2.75, 3.05) is 5.75 Å². The number of nitrogens with one attached hydrogen (secondary N) is 1. The van der Waals surface area contributed by atoms with Gasteiger partial charge in [0.1, 0.15) is 6.04 Å². The molecule has 0 saturated heterocycles. The Balaban J connectivity index is 1.53. The van der Waals surface area contributed by atoms with Gasteiger partial charge >= 0.3 is 0 Å². The van der Waals surface area contributed by atoms with Crippen LogP contribution >= 0.6 is 0 Å². The van der Waals surface area contributed by atoms with E-state index in [4.69, 9.17) is 0 Å². The van der Waals surface area contributed by atoms with Gasteiger partial charge in [0.25, 0.3) is 0 Å². The Kier molecular flexibility index (Phi) is 5.93. The van der Waals surface area contributed by atoms with Gasteiger partial charge in [0.2, 0.25) is 15.9 Å². The summed E-state index contributed by atoms with van der Waals surface area (Å²) in [6, 6.07) is 14.5. The molecule has 4 rings (SSSR count). The highest BCUT2D eigenvalue weighted by atomic mass is 32.2. The first kappa shape index (κ1) is 21.3. The van der Waals surface area contributed by atoms with Crippen molar-refractivity contribution in [2.24, 2.45) is 0 Å². The summed E-state index contributed by atoms with van der Waals surface area (Å²) in [5.74, 6) is -0.317. The lowest BCUT2D eigenvalue weighted by molar-refractivity contribution is -0.125. The van der Waals surface area contributed by atoms with E-state index in [0.29, 0.717) is 6.42 Å². The van der Waals surface area contributed by atoms with E-state index < -0.39 is 16.1 Å². The second-order valence-corrected chi connectivity index (χ2v) is 9.94. The Morgan fingerprint density at radius 2 is 1.87 bits per heavy atom. The number of hydrogen-bond acceptors (Lipinski definition) is 4. The first-order valence-corrected chi connectivity index (χ1v) is 11.9. The van der Waals surface area contributed by atoms with Crippen LogP contribution in [0.3, 0.4) is 0 Å². The molecule has 1 N–H and O–H groups in total. The molecule has 0 unspecified atom stereocenters. The van der Waals surface area contributed by atoms with Gasteiger partial charge in [-0.05, 0) is 49.1 Å². The van der Waals surface area contributed by atoms with E-state index >= 15 is 0 Å². The lowest BCUT2D eigenvalue weighted by Gasteiger charge is -2.35. The van der Waals surface area contributed by atoms with Crippen molar-refractivity contribution in [1.82, 2.24) is 19.2 Å². The van der Waals surface area contributed by atoms with Crippen molar-refractivity contribution in [3.63, 3.8) is 0 Å². The van der Waals surface area contributed by atoms with Crippen molar-refractivity contribution >= 4 is 15.9 Å². The molecule has 1 aliphatic heterocycles. The molecule has 1 aromatic heterocycles. The largest absolute Gasteiger partial charge is 0.348 e. The lowest BCUT2D eigenvalue weighted by Crippen LogP contribution is -2.53. The Labute approximate surface area is 182 Å². The highest BCUT2D eigenvalue weighted by molar-refractivity contribution is 7.89. The summed E-state index contributed by atoms with van der Waals surface area (Å²) in [6.07, 6.45) is 5.68. The molecule has 1 amide bonds. The molecule has 31 heavy (non-hydrogen) atoms. The summed E-state index contributed by atoms with van der Waals surface area (Å²) in [5.41, 5.74) is 3.89. The summed E-state index contributed by atoms with van der Waals surface area (Å²) in [6.45, 7) is 3.73. The van der Waals surface area contributed by atoms with Crippen LogP contribution in [0, 0.1) is 0 Å². The highest BCUT2D eigenvalue weighted by Crippen LogP contribution is 2.27. The molecule has 3 aromatic rings. The predicted molar refractivity (Wildman–Crippen MR) is 119 cm³/mol. The number of nitrogens with zero attached hydrogens (tertiary/aromatic N) is 3. The van der Waals surface area contributed by atoms with Gasteiger partial charge < -0.3 is 9.88 Å². The minimum Gasteiger partial charge on any atom is -0.348 e. The quantitative estimate of drug-likeness (QED) is 0.641. The Bertz CT molecular complexity index is 1160. The number of rotatable bonds is 6. The molecule has 2 heterocycles. The van der Waals surface area contributed by atoms with Crippen molar-refractivity contribution < 1.29 is 13.2 Å². The zero-order chi connectivity index (χ0) is 22.0. The molecule has 0 radical (unpaired) electrons. The smallest absolute Gasteiger partial charge is 0.239 e. The zero-order valence-electron chi connectivity index (χ0n) is 17.6. The van der Waals surface area contributed by atoms with Gasteiger partial charge in [-0.3, -0.25) is 4.79 Å². The van der Waals surface area contributed by atoms with Crippen LogP contribution in [0.1, 0.15) is 36.6 Å². The highest BCUT2D eigenvalue weighted by Gasteiger charge is 2.38. The zero-order valence-corrected chi connectivity index (χ0v) is 18.4. The van der Waals surface area contributed by atoms with Gasteiger partial charge in [-0.1, -0.05) is 36.4 Å². The molecule has 2 aromatic carbocycles. The average Bonchev–Trinajstić information content (AvgIpc) is 3.33. The van der Waals surface area contributed by atoms with Crippen LogP contribution in [0.2, 0.25) is 0 Å². The van der Waals surface area contributed by atoms with E-state index in [0.717, 1.165) is 22.4 Å². The monoisotopic (exact) mass is 438 g/mol. The van der Waals surface area contributed by atoms with E-state index in [9.17, 15) is 13.2 Å². The van der Waals surface area contributed by atoms with E-state index in [-0.39, 0.29) is 24.2 Å². The number of sulfonamides is 1. The molecule has 8 heteroatoms. The number of imidazole rings is 1. The SMILES string of the molecule is CCS(=O)(=O)N1Cc2ccccc2C[C@H]1C(=O)N[C@H](C)c1ccc(-n2ccnc2)cc1. The van der Waals surface area contributed by atoms with Crippen molar-refractivity contribution in [3.8, 4) is 5.69 Å². The van der Waals surface area contributed by atoms with Gasteiger partial charge in [0.15, 0.2) is 0 Å². The third-order valence-electron chi connectivity index (χ3n) is 5.78. The van der Waals surface area contributed by atoms with Crippen LogP contribution < -0.4 is 5.32 Å². The van der Waals surface area contributed by atoms with Crippen LogP contribution in [0.4, 0.5) is 0 Å². The maximum atomic E-state index is 13.2. The summed E-state index contributed by atoms with van der Waals surface area (Å²) in [7, 11) is -3.53. The van der Waals surface area contributed by atoms with E-state index in [2.05, 4.69) is 10.3 Å². The van der Waals surface area contributed by atoms with Gasteiger partial charge in [-0.2, -0.15) is 4.31 Å². The van der Waals surface area contributed by atoms with Crippen LogP contribution in [-0.2, 0) is 27.8 Å². The van der Waals surface area contributed by atoms with Crippen molar-refractivity contribution in [2.45, 2.75) is 38.9 Å². The average molecular weight is 439 g/mol. The van der Waals surface area contributed by atoms with E-state index in [1.165, 1.54) is 4.31 Å². The second-order valence-electron chi connectivity index (χ2n) is 7.73. The van der Waals surface area contributed by atoms with Crippen LogP contribution in [0.25, 0.3) is 5.69 Å². The molecular formula is C23H26N4O3S. The number of aromatic nitrogens is 2. The Morgan fingerprint density at radius 1 is 1.16 bits per heavy atom. The number of benzene rings is 2. The minimum absolute atomic E-state index is 0.0375. The van der Waals surface area contributed by atoms with Gasteiger partial charge in [-0.25, -0.2) is 13.4 Å². The first-order chi connectivity index (χ1) is 14.9. The molecule has 0 saturated carbocycles. The van der Waals surface area contributed by atoms with E-state index in [1.54, 1.807) is 19.4 Å². The summed E-state index contributed by atoms with van der Waals surface area (Å²) >= 11 is 0. The van der Waals surface area contributed by atoms with Gasteiger partial charge in [0.05, 0.1) is 18.1 Å². The molecule has 0 bridgehead atoms. The molecular weight excluding hydrogens is 412 g/mol. The third-order valence-corrected chi connectivity index (χ3v) is 7.61. The number of amides is 1. The number of carbonyl (C=O) groups is 1. The minimum atomic E-state index is -3.53. The number of fused-ring (bicyclic) bond motifs is 1.